The fourth-order valence-corrected chi connectivity index (χ4v) is 10.2. The topological polar surface area (TPSA) is 221 Å². The molecule has 4 aliphatic rings. The fraction of sp³-hybridized carbons (Fsp3) is 0.447. The number of carbonyl (C=O) groups excluding carboxylic acids is 6. The lowest BCUT2D eigenvalue weighted by Gasteiger charge is -2.67. The van der Waals surface area contributed by atoms with Gasteiger partial charge in [-0.2, -0.15) is 0 Å². The molecule has 62 heavy (non-hydrogen) atoms. The normalized spacial score (nSPS) is 31.9. The third-order valence-corrected chi connectivity index (χ3v) is 13.5. The molecule has 328 valence electrons. The van der Waals surface area contributed by atoms with Crippen molar-refractivity contribution in [1.82, 2.24) is 5.32 Å². The van der Waals surface area contributed by atoms with Gasteiger partial charge in [0.2, 0.25) is 0 Å². The number of hydrogen-bond acceptors (Lipinski definition) is 14. The van der Waals surface area contributed by atoms with Gasteiger partial charge in [0.25, 0.3) is 5.91 Å². The van der Waals surface area contributed by atoms with Crippen molar-refractivity contribution in [2.45, 2.75) is 108 Å². The largest absolute Gasteiger partial charge is 0.456 e. The monoisotopic (exact) mass is 853 g/mol. The van der Waals surface area contributed by atoms with Gasteiger partial charge in [-0.25, -0.2) is 9.59 Å². The first-order chi connectivity index (χ1) is 29.3. The molecule has 0 aromatic heterocycles. The van der Waals surface area contributed by atoms with Crippen LogP contribution in [0.2, 0.25) is 0 Å². The molecule has 15 heteroatoms. The maximum Gasteiger partial charge on any atom is 0.338 e. The van der Waals surface area contributed by atoms with Gasteiger partial charge in [-0.05, 0) is 54.8 Å². The highest BCUT2D eigenvalue weighted by atomic mass is 16.6. The van der Waals surface area contributed by atoms with Crippen LogP contribution in [-0.4, -0.2) is 105 Å². The van der Waals surface area contributed by atoms with Crippen molar-refractivity contribution in [2.75, 3.05) is 6.61 Å². The molecule has 3 aromatic carbocycles. The number of aliphatic hydroxyl groups excluding tert-OH is 2. The van der Waals surface area contributed by atoms with E-state index in [4.69, 9.17) is 23.7 Å². The lowest BCUT2D eigenvalue weighted by molar-refractivity contribution is -0.346. The van der Waals surface area contributed by atoms with E-state index in [1.165, 1.54) is 26.0 Å². The SMILES string of the molecule is CC(=O)O[C@H]1C(=O)[C@]2(C)[C@H](O)C[C@H]3OC[C@@]3(OC(C)=O)[C@@H]2[C@H](OC(=O)c2ccccc2)[C@]2(O)C[C@H](OC(=O)[C@H](O)[C@@H](NC(=O)c3ccccc3)c3ccccc3)C(C)=C1C2(C)C. The molecule has 3 aromatic rings. The van der Waals surface area contributed by atoms with E-state index in [0.717, 1.165) is 13.8 Å². The van der Waals surface area contributed by atoms with Crippen LogP contribution in [0.15, 0.2) is 102 Å². The van der Waals surface area contributed by atoms with Crippen LogP contribution >= 0.6 is 0 Å². The molecule has 3 aliphatic carbocycles. The van der Waals surface area contributed by atoms with E-state index in [0.29, 0.717) is 5.56 Å². The third-order valence-electron chi connectivity index (χ3n) is 13.5. The Kier molecular flexibility index (Phi) is 11.8. The van der Waals surface area contributed by atoms with Gasteiger partial charge in [0, 0.05) is 37.7 Å². The summed E-state index contributed by atoms with van der Waals surface area (Å²) in [7, 11) is 0. The predicted octanol–water partition coefficient (Wildman–Crippen LogP) is 3.74. The van der Waals surface area contributed by atoms with Crippen LogP contribution in [0, 0.1) is 16.7 Å². The maximum atomic E-state index is 15.5. The summed E-state index contributed by atoms with van der Waals surface area (Å²) in [5, 5.41) is 40.2. The second-order valence-electron chi connectivity index (χ2n) is 17.4. The van der Waals surface area contributed by atoms with E-state index >= 15 is 4.79 Å². The zero-order valence-electron chi connectivity index (χ0n) is 35.2. The molecular weight excluding hydrogens is 803 g/mol. The minimum Gasteiger partial charge on any atom is -0.456 e. The zero-order valence-corrected chi connectivity index (χ0v) is 35.2. The van der Waals surface area contributed by atoms with E-state index < -0.39 is 113 Å². The predicted molar refractivity (Wildman–Crippen MR) is 218 cm³/mol. The van der Waals surface area contributed by atoms with E-state index in [9.17, 15) is 39.3 Å². The molecule has 1 amide bonds. The number of amides is 1. The molecule has 2 saturated carbocycles. The highest BCUT2D eigenvalue weighted by Crippen LogP contribution is 2.64. The fourth-order valence-electron chi connectivity index (χ4n) is 10.2. The van der Waals surface area contributed by atoms with Gasteiger partial charge in [-0.1, -0.05) is 80.6 Å². The van der Waals surface area contributed by atoms with Crippen molar-refractivity contribution in [1.29, 1.82) is 0 Å². The Balaban J connectivity index is 1.39. The maximum absolute atomic E-state index is 15.5. The number of Topliss-reactive ketones (excluding diaryl/α,β-unsaturated/α-hetero) is 1. The zero-order chi connectivity index (χ0) is 44.9. The van der Waals surface area contributed by atoms with Crippen LogP contribution < -0.4 is 5.32 Å². The van der Waals surface area contributed by atoms with Crippen molar-refractivity contribution >= 4 is 35.6 Å². The number of esters is 4. The molecule has 4 N–H and O–H groups in total. The summed E-state index contributed by atoms with van der Waals surface area (Å²) in [4.78, 5) is 83.5. The third kappa shape index (κ3) is 7.29. The quantitative estimate of drug-likeness (QED) is 0.130. The Morgan fingerprint density at radius 2 is 1.40 bits per heavy atom. The lowest BCUT2D eigenvalue weighted by Crippen LogP contribution is -2.82. The van der Waals surface area contributed by atoms with Gasteiger partial charge in [0.15, 0.2) is 23.6 Å². The number of fused-ring (bicyclic) bond motifs is 5. The number of carbonyl (C=O) groups is 6. The van der Waals surface area contributed by atoms with E-state index in [-0.39, 0.29) is 35.3 Å². The smallest absolute Gasteiger partial charge is 0.338 e. The molecule has 0 radical (unpaired) electrons. The highest BCUT2D eigenvalue weighted by Gasteiger charge is 2.78. The van der Waals surface area contributed by atoms with Crippen LogP contribution in [0.5, 0.6) is 0 Å². The first-order valence-corrected chi connectivity index (χ1v) is 20.5. The van der Waals surface area contributed by atoms with E-state index in [1.54, 1.807) is 92.7 Å². The Morgan fingerprint density at radius 3 is 1.95 bits per heavy atom. The van der Waals surface area contributed by atoms with Crippen LogP contribution in [0.1, 0.15) is 86.7 Å². The van der Waals surface area contributed by atoms with Crippen molar-refractivity contribution in [3.8, 4) is 0 Å². The van der Waals surface area contributed by atoms with Gasteiger partial charge >= 0.3 is 23.9 Å². The second kappa shape index (κ2) is 16.5. The number of ketones is 1. The first kappa shape index (κ1) is 44.3. The number of benzene rings is 3. The number of rotatable bonds is 10. The van der Waals surface area contributed by atoms with E-state index in [2.05, 4.69) is 5.32 Å². The molecule has 1 aliphatic heterocycles. The van der Waals surface area contributed by atoms with Crippen LogP contribution in [0.25, 0.3) is 0 Å². The molecule has 3 fully saturated rings. The molecule has 1 saturated heterocycles. The van der Waals surface area contributed by atoms with Crippen LogP contribution in [-0.2, 0) is 42.9 Å². The summed E-state index contributed by atoms with van der Waals surface area (Å²) in [6.07, 6.45) is -10.5. The average molecular weight is 854 g/mol. The van der Waals surface area contributed by atoms with Crippen molar-refractivity contribution < 1.29 is 67.8 Å². The van der Waals surface area contributed by atoms with Crippen molar-refractivity contribution in [3.63, 3.8) is 0 Å². The molecule has 0 spiro atoms. The Labute approximate surface area is 358 Å². The number of aliphatic hydroxyl groups is 3. The Hall–Kier alpha value is -5.74. The number of hydrogen-bond donors (Lipinski definition) is 4. The van der Waals surface area contributed by atoms with Crippen LogP contribution in [0.4, 0.5) is 0 Å². The molecule has 1 heterocycles. The molecule has 2 bridgehead atoms. The van der Waals surface area contributed by atoms with Gasteiger partial charge < -0.3 is 44.3 Å². The van der Waals surface area contributed by atoms with Gasteiger partial charge in [-0.3, -0.25) is 19.2 Å². The molecular formula is C47H51NO14. The lowest BCUT2D eigenvalue weighted by atomic mass is 9.44. The molecule has 15 nitrogen and oxygen atoms in total. The molecule has 11 atom stereocenters. The summed E-state index contributed by atoms with van der Waals surface area (Å²) in [6, 6.07) is 22.9. The summed E-state index contributed by atoms with van der Waals surface area (Å²) >= 11 is 0. The summed E-state index contributed by atoms with van der Waals surface area (Å²) < 4.78 is 30.3. The van der Waals surface area contributed by atoms with Gasteiger partial charge in [-0.15, -0.1) is 0 Å². The second-order valence-corrected chi connectivity index (χ2v) is 17.4. The van der Waals surface area contributed by atoms with Crippen molar-refractivity contribution in [3.05, 3.63) is 119 Å². The number of nitrogens with one attached hydrogen (secondary N) is 1. The average Bonchev–Trinajstić information content (AvgIpc) is 3.24. The molecule has 7 rings (SSSR count). The minimum atomic E-state index is -2.39. The van der Waals surface area contributed by atoms with Gasteiger partial charge in [0.05, 0.1) is 35.6 Å². The summed E-state index contributed by atoms with van der Waals surface area (Å²) in [6.45, 7) is 7.97. The number of ether oxygens (including phenoxy) is 5. The Bertz CT molecular complexity index is 2280. The van der Waals surface area contributed by atoms with E-state index in [1.807, 2.05) is 0 Å². The van der Waals surface area contributed by atoms with Crippen LogP contribution in [0.3, 0.4) is 0 Å². The summed E-state index contributed by atoms with van der Waals surface area (Å²) in [5.41, 5.74) is -7.02. The van der Waals surface area contributed by atoms with Crippen molar-refractivity contribution in [2.24, 2.45) is 16.7 Å². The summed E-state index contributed by atoms with van der Waals surface area (Å²) in [5.74, 6) is -6.84. The minimum absolute atomic E-state index is 0.00289. The molecule has 0 unspecified atom stereocenters. The van der Waals surface area contributed by atoms with Gasteiger partial charge in [0.1, 0.15) is 23.9 Å². The first-order valence-electron chi connectivity index (χ1n) is 20.5. The Morgan fingerprint density at radius 1 is 0.823 bits per heavy atom. The standard InChI is InChI=1S/C47H51NO14/c1-25-31(60-43(56)36(52)35(28-16-10-7-11-17-28)48-41(54)29-18-12-8-13-19-29)23-47(57)40(61-42(55)30-20-14-9-15-21-30)38-45(6,32(51)22-33-46(38,24-58-33)62-27(3)50)39(53)37(59-26(2)49)34(25)44(47,4)5/h7-21,31-33,35-38,40,51-52,57H,22-24H2,1-6H3,(H,48,54)/t31-,32+,33+,35-,36+,37+,38+,40-,45+,46-,47+/m0/s1. The highest BCUT2D eigenvalue weighted by molar-refractivity contribution is 5.96.